The van der Waals surface area contributed by atoms with Crippen LogP contribution in [0.15, 0.2) is 18.7 Å². The van der Waals surface area contributed by atoms with E-state index in [1.54, 1.807) is 19.8 Å². The van der Waals surface area contributed by atoms with Gasteiger partial charge < -0.3 is 9.64 Å². The van der Waals surface area contributed by atoms with Crippen molar-refractivity contribution in [1.29, 1.82) is 0 Å². The van der Waals surface area contributed by atoms with Gasteiger partial charge in [-0.25, -0.2) is 9.97 Å². The van der Waals surface area contributed by atoms with Gasteiger partial charge in [-0.05, 0) is 30.9 Å². The number of carbonyl (C=O) groups is 1. The molecule has 0 atom stereocenters. The van der Waals surface area contributed by atoms with Crippen LogP contribution in [-0.4, -0.2) is 75.3 Å². The summed E-state index contributed by atoms with van der Waals surface area (Å²) in [5.74, 6) is 0.490. The number of aryl methyl sites for hydroxylation is 2. The van der Waals surface area contributed by atoms with Gasteiger partial charge >= 0.3 is 0 Å². The van der Waals surface area contributed by atoms with E-state index in [1.165, 1.54) is 5.56 Å². The predicted molar refractivity (Wildman–Crippen MR) is 95.2 cm³/mol. The molecule has 1 aliphatic heterocycles. The molecular weight excluding hydrogens is 332 g/mol. The molecule has 0 radical (unpaired) electrons. The van der Waals surface area contributed by atoms with E-state index in [-0.39, 0.29) is 5.91 Å². The smallest absolute Gasteiger partial charge is 0.259 e. The zero-order valence-corrected chi connectivity index (χ0v) is 15.1. The minimum atomic E-state index is 0.0278. The summed E-state index contributed by atoms with van der Waals surface area (Å²) in [6.07, 6.45) is 6.36. The summed E-state index contributed by atoms with van der Waals surface area (Å²) in [5.41, 5.74) is 2.88. The van der Waals surface area contributed by atoms with Crippen LogP contribution in [0.2, 0.25) is 0 Å². The molecule has 0 aromatic carbocycles. The lowest BCUT2D eigenvalue weighted by Gasteiger charge is -2.34. The van der Waals surface area contributed by atoms with Crippen LogP contribution in [0.3, 0.4) is 0 Å². The van der Waals surface area contributed by atoms with Gasteiger partial charge in [0, 0.05) is 38.4 Å². The fourth-order valence-corrected chi connectivity index (χ4v) is 3.70. The van der Waals surface area contributed by atoms with Gasteiger partial charge in [-0.1, -0.05) is 0 Å². The van der Waals surface area contributed by atoms with E-state index < -0.39 is 0 Å². The first kappa shape index (κ1) is 17.0. The summed E-state index contributed by atoms with van der Waals surface area (Å²) in [6, 6.07) is 1.99. The zero-order chi connectivity index (χ0) is 17.9. The number of aromatic nitrogens is 4. The van der Waals surface area contributed by atoms with Crippen LogP contribution in [0.5, 0.6) is 5.88 Å². The highest BCUT2D eigenvalue weighted by Crippen LogP contribution is 2.27. The van der Waals surface area contributed by atoms with Crippen LogP contribution in [0.1, 0.15) is 28.0 Å². The van der Waals surface area contributed by atoms with E-state index in [9.17, 15) is 4.79 Å². The third kappa shape index (κ3) is 3.41. The van der Waals surface area contributed by atoms with E-state index >= 15 is 0 Å². The van der Waals surface area contributed by atoms with Crippen molar-refractivity contribution in [2.75, 3.05) is 39.8 Å². The number of amides is 1. The van der Waals surface area contributed by atoms with Crippen molar-refractivity contribution in [2.24, 2.45) is 0 Å². The first-order valence-electron chi connectivity index (χ1n) is 9.15. The van der Waals surface area contributed by atoms with Gasteiger partial charge in [-0.15, -0.1) is 0 Å². The van der Waals surface area contributed by atoms with Crippen molar-refractivity contribution in [3.05, 3.63) is 35.5 Å². The summed E-state index contributed by atoms with van der Waals surface area (Å²) in [5, 5.41) is 4.12. The highest BCUT2D eigenvalue weighted by molar-refractivity contribution is 5.96. The van der Waals surface area contributed by atoms with Gasteiger partial charge in [0.2, 0.25) is 5.88 Å². The molecular formula is C18H24N6O2. The third-order valence-electron chi connectivity index (χ3n) is 5.21. The Bertz CT molecular complexity index is 768. The number of fused-ring (bicyclic) bond motifs is 1. The molecule has 138 valence electrons. The van der Waals surface area contributed by atoms with Crippen molar-refractivity contribution in [2.45, 2.75) is 25.8 Å². The number of rotatable bonds is 5. The molecule has 3 heterocycles. The second-order valence-corrected chi connectivity index (χ2v) is 6.80. The number of methoxy groups -OCH3 is 1. The molecule has 1 amide bonds. The maximum absolute atomic E-state index is 13.0. The maximum Gasteiger partial charge on any atom is 0.259 e. The molecule has 0 N–H and O–H groups in total. The highest BCUT2D eigenvalue weighted by atomic mass is 16.5. The second kappa shape index (κ2) is 7.41. The zero-order valence-electron chi connectivity index (χ0n) is 15.1. The standard InChI is InChI=1S/C18H24N6O2/c1-26-17-15(11-14-3-2-4-16(14)21-17)18(25)23-8-5-22(6-9-23)7-10-24-13-19-12-20-24/h11-13H,2-10H2,1H3. The third-order valence-corrected chi connectivity index (χ3v) is 5.21. The van der Waals surface area contributed by atoms with Crippen molar-refractivity contribution in [1.82, 2.24) is 29.5 Å². The average Bonchev–Trinajstić information content (AvgIpc) is 3.36. The molecule has 1 saturated heterocycles. The van der Waals surface area contributed by atoms with Gasteiger partial charge in [0.15, 0.2) is 0 Å². The lowest BCUT2D eigenvalue weighted by molar-refractivity contribution is 0.0628. The average molecular weight is 356 g/mol. The molecule has 1 aliphatic carbocycles. The number of nitrogens with zero attached hydrogens (tertiary/aromatic N) is 6. The van der Waals surface area contributed by atoms with E-state index in [2.05, 4.69) is 20.0 Å². The lowest BCUT2D eigenvalue weighted by Crippen LogP contribution is -2.49. The molecule has 0 spiro atoms. The quantitative estimate of drug-likeness (QED) is 0.782. The van der Waals surface area contributed by atoms with Crippen LogP contribution in [0.4, 0.5) is 0 Å². The Morgan fingerprint density at radius 2 is 2.04 bits per heavy atom. The van der Waals surface area contributed by atoms with Gasteiger partial charge in [0.05, 0.1) is 13.7 Å². The Hall–Kier alpha value is -2.48. The largest absolute Gasteiger partial charge is 0.480 e. The molecule has 0 unspecified atom stereocenters. The van der Waals surface area contributed by atoms with E-state index in [4.69, 9.17) is 4.74 Å². The van der Waals surface area contributed by atoms with Gasteiger partial charge in [-0.3, -0.25) is 14.4 Å². The Kier molecular flexibility index (Phi) is 4.83. The monoisotopic (exact) mass is 356 g/mol. The molecule has 26 heavy (non-hydrogen) atoms. The molecule has 2 aromatic heterocycles. The predicted octanol–water partition coefficient (Wildman–Crippen LogP) is 0.628. The maximum atomic E-state index is 13.0. The van der Waals surface area contributed by atoms with Crippen LogP contribution in [0, 0.1) is 0 Å². The van der Waals surface area contributed by atoms with Crippen molar-refractivity contribution in [3.8, 4) is 5.88 Å². The van der Waals surface area contributed by atoms with Gasteiger partial charge in [-0.2, -0.15) is 5.10 Å². The number of hydrogen-bond acceptors (Lipinski definition) is 6. The Morgan fingerprint density at radius 1 is 1.19 bits per heavy atom. The van der Waals surface area contributed by atoms with E-state index in [0.717, 1.165) is 64.2 Å². The number of pyridine rings is 1. The number of hydrogen-bond donors (Lipinski definition) is 0. The fourth-order valence-electron chi connectivity index (χ4n) is 3.70. The number of carbonyl (C=O) groups excluding carboxylic acids is 1. The normalized spacial score (nSPS) is 17.3. The molecule has 0 bridgehead atoms. The summed E-state index contributed by atoms with van der Waals surface area (Å²) < 4.78 is 7.23. The fraction of sp³-hybridized carbons (Fsp3) is 0.556. The Morgan fingerprint density at radius 3 is 2.77 bits per heavy atom. The molecule has 0 saturated carbocycles. The number of ether oxygens (including phenoxy) is 1. The lowest BCUT2D eigenvalue weighted by atomic mass is 10.1. The van der Waals surface area contributed by atoms with E-state index in [1.807, 2.05) is 15.6 Å². The van der Waals surface area contributed by atoms with Crippen LogP contribution in [0.25, 0.3) is 0 Å². The van der Waals surface area contributed by atoms with Crippen molar-refractivity contribution < 1.29 is 9.53 Å². The van der Waals surface area contributed by atoms with Crippen LogP contribution in [-0.2, 0) is 19.4 Å². The minimum absolute atomic E-state index is 0.0278. The van der Waals surface area contributed by atoms with E-state index in [0.29, 0.717) is 11.4 Å². The molecule has 2 aromatic rings. The van der Waals surface area contributed by atoms with Gasteiger partial charge in [0.1, 0.15) is 18.2 Å². The van der Waals surface area contributed by atoms with Crippen molar-refractivity contribution in [3.63, 3.8) is 0 Å². The molecule has 4 rings (SSSR count). The minimum Gasteiger partial charge on any atom is -0.480 e. The van der Waals surface area contributed by atoms with Crippen LogP contribution < -0.4 is 4.74 Å². The summed E-state index contributed by atoms with van der Waals surface area (Å²) >= 11 is 0. The van der Waals surface area contributed by atoms with Gasteiger partial charge in [0.25, 0.3) is 5.91 Å². The highest BCUT2D eigenvalue weighted by Gasteiger charge is 2.27. The first-order valence-corrected chi connectivity index (χ1v) is 9.15. The number of piperazine rings is 1. The summed E-state index contributed by atoms with van der Waals surface area (Å²) in [4.78, 5) is 25.8. The molecule has 1 fully saturated rings. The van der Waals surface area contributed by atoms with Crippen molar-refractivity contribution >= 4 is 5.91 Å². The van der Waals surface area contributed by atoms with Crippen LogP contribution >= 0.6 is 0 Å². The molecule has 8 nitrogen and oxygen atoms in total. The Labute approximate surface area is 152 Å². The summed E-state index contributed by atoms with van der Waals surface area (Å²) in [6.45, 7) is 4.89. The SMILES string of the molecule is COc1nc2c(cc1C(=O)N1CCN(CCn3cncn3)CC1)CCC2. The summed E-state index contributed by atoms with van der Waals surface area (Å²) in [7, 11) is 1.59. The Balaban J connectivity index is 1.38. The topological polar surface area (TPSA) is 76.4 Å². The molecule has 8 heteroatoms. The molecule has 2 aliphatic rings. The second-order valence-electron chi connectivity index (χ2n) is 6.80. The first-order chi connectivity index (χ1) is 12.7.